The smallest absolute Gasteiger partial charge is 0.311 e. The molecule has 2 unspecified atom stereocenters. The van der Waals surface area contributed by atoms with Gasteiger partial charge in [-0.3, -0.25) is 14.4 Å². The predicted octanol–water partition coefficient (Wildman–Crippen LogP) is 3.17. The van der Waals surface area contributed by atoms with Gasteiger partial charge in [0.05, 0.1) is 16.6 Å². The van der Waals surface area contributed by atoms with Crippen LogP contribution < -0.4 is 0 Å². The highest BCUT2D eigenvalue weighted by atomic mass is 32.2. The molecule has 34 heavy (non-hydrogen) atoms. The maximum atomic E-state index is 14.1. The summed E-state index contributed by atoms with van der Waals surface area (Å²) in [6.45, 7) is 13.2. The van der Waals surface area contributed by atoms with Crippen LogP contribution in [-0.4, -0.2) is 81.1 Å². The summed E-state index contributed by atoms with van der Waals surface area (Å²) in [5.41, 5.74) is 0. The first-order valence-electron chi connectivity index (χ1n) is 12.6. The van der Waals surface area contributed by atoms with Crippen molar-refractivity contribution in [2.75, 3.05) is 32.8 Å². The number of esters is 1. The minimum atomic E-state index is -0.635. The molecular formula is C26H40N2O5S. The Morgan fingerprint density at radius 2 is 2.00 bits per heavy atom. The molecule has 3 fully saturated rings. The number of ether oxygens (including phenoxy) is 1. The lowest BCUT2D eigenvalue weighted by atomic mass is 9.66. The van der Waals surface area contributed by atoms with Crippen molar-refractivity contribution in [1.29, 1.82) is 0 Å². The molecule has 2 amide bonds. The van der Waals surface area contributed by atoms with Gasteiger partial charge in [-0.15, -0.1) is 18.3 Å². The van der Waals surface area contributed by atoms with Gasteiger partial charge in [0, 0.05) is 31.0 Å². The highest BCUT2D eigenvalue weighted by Crippen LogP contribution is 2.71. The van der Waals surface area contributed by atoms with Crippen LogP contribution in [-0.2, 0) is 19.1 Å². The Morgan fingerprint density at radius 1 is 1.24 bits per heavy atom. The van der Waals surface area contributed by atoms with E-state index in [4.69, 9.17) is 4.74 Å². The van der Waals surface area contributed by atoms with Gasteiger partial charge in [0.1, 0.15) is 12.6 Å². The largest absolute Gasteiger partial charge is 0.461 e. The van der Waals surface area contributed by atoms with Gasteiger partial charge in [-0.1, -0.05) is 38.5 Å². The molecule has 0 aromatic heterocycles. The Labute approximate surface area is 208 Å². The second-order valence-corrected chi connectivity index (χ2v) is 11.8. The van der Waals surface area contributed by atoms with Gasteiger partial charge >= 0.3 is 5.97 Å². The highest BCUT2D eigenvalue weighted by Gasteiger charge is 2.77. The van der Waals surface area contributed by atoms with Gasteiger partial charge in [0.2, 0.25) is 11.8 Å². The van der Waals surface area contributed by atoms with Crippen LogP contribution in [0.1, 0.15) is 58.8 Å². The zero-order chi connectivity index (χ0) is 24.9. The first-order valence-corrected chi connectivity index (χ1v) is 13.4. The molecule has 190 valence electrons. The molecule has 2 bridgehead atoms. The number of fused-ring (bicyclic) bond motifs is 1. The summed E-state index contributed by atoms with van der Waals surface area (Å²) in [7, 11) is 0. The number of nitrogens with zero attached hydrogens (tertiary/aromatic N) is 2. The summed E-state index contributed by atoms with van der Waals surface area (Å²) in [6, 6.07) is -0.616. The second-order valence-electron chi connectivity index (χ2n) is 9.89. The molecule has 3 rings (SSSR count). The standard InChI is InChI=1S/C26H40N2O5S/c1-5-8-9-15-27(14-6-2)23(31)21-26-13-12-25(4,34-26)20(24(32)33-18-7-3)19(26)22(30)28(21)16-10-11-17-29/h6-7,19-21,29H,2-3,5,8-18H2,1,4H3/t19-,20+,21?,25-,26?/m0/s1. The Bertz CT molecular complexity index is 804. The Morgan fingerprint density at radius 3 is 2.65 bits per heavy atom. The van der Waals surface area contributed by atoms with E-state index >= 15 is 0 Å². The van der Waals surface area contributed by atoms with Crippen molar-refractivity contribution in [3.8, 4) is 0 Å². The van der Waals surface area contributed by atoms with E-state index < -0.39 is 27.4 Å². The van der Waals surface area contributed by atoms with Gasteiger partial charge < -0.3 is 19.6 Å². The number of unbranched alkanes of at least 4 members (excludes halogenated alkanes) is 3. The van der Waals surface area contributed by atoms with Gasteiger partial charge in [-0.25, -0.2) is 0 Å². The zero-order valence-electron chi connectivity index (χ0n) is 20.7. The summed E-state index contributed by atoms with van der Waals surface area (Å²) < 4.78 is 4.38. The molecule has 8 heteroatoms. The first-order chi connectivity index (χ1) is 16.3. The summed E-state index contributed by atoms with van der Waals surface area (Å²) in [5.74, 6) is -1.70. The molecular weight excluding hydrogens is 452 g/mol. The van der Waals surface area contributed by atoms with Crippen LogP contribution >= 0.6 is 11.8 Å². The van der Waals surface area contributed by atoms with E-state index in [-0.39, 0.29) is 31.0 Å². The van der Waals surface area contributed by atoms with E-state index in [1.807, 2.05) is 11.8 Å². The number of rotatable bonds is 14. The number of likely N-dealkylation sites (tertiary alicyclic amines) is 1. The molecule has 0 aromatic rings. The Kier molecular flexibility index (Phi) is 8.90. The third-order valence-electron chi connectivity index (χ3n) is 7.61. The fraction of sp³-hybridized carbons (Fsp3) is 0.731. The highest BCUT2D eigenvalue weighted by molar-refractivity contribution is 8.02. The number of amides is 2. The third kappa shape index (κ3) is 4.68. The average Bonchev–Trinajstić information content (AvgIpc) is 3.38. The summed E-state index contributed by atoms with van der Waals surface area (Å²) >= 11 is 1.66. The predicted molar refractivity (Wildman–Crippen MR) is 134 cm³/mol. The molecule has 0 saturated carbocycles. The molecule has 7 nitrogen and oxygen atoms in total. The average molecular weight is 493 g/mol. The Balaban J connectivity index is 1.98. The first kappa shape index (κ1) is 26.8. The topological polar surface area (TPSA) is 87.1 Å². The van der Waals surface area contributed by atoms with E-state index in [2.05, 4.69) is 20.1 Å². The maximum absolute atomic E-state index is 14.1. The molecule has 3 saturated heterocycles. The van der Waals surface area contributed by atoms with Crippen molar-refractivity contribution >= 4 is 29.5 Å². The second kappa shape index (κ2) is 11.3. The van der Waals surface area contributed by atoms with Crippen molar-refractivity contribution in [2.45, 2.75) is 74.3 Å². The SMILES string of the molecule is C=CCOC(=O)[C@H]1[C@H]2C(=O)N(CCCCO)C(C(=O)N(CC=C)CCCCC)C23CC[C@]1(C)S3. The molecule has 1 spiro atoms. The van der Waals surface area contributed by atoms with E-state index in [0.717, 1.165) is 32.1 Å². The number of carbonyl (C=O) groups excluding carboxylic acids is 3. The van der Waals surface area contributed by atoms with Gasteiger partial charge in [-0.2, -0.15) is 0 Å². The summed E-state index contributed by atoms with van der Waals surface area (Å²) in [5, 5.41) is 9.29. The van der Waals surface area contributed by atoms with Crippen LogP contribution in [0.4, 0.5) is 0 Å². The van der Waals surface area contributed by atoms with Gasteiger partial charge in [-0.05, 0) is 39.0 Å². The number of thioether (sulfide) groups is 1. The molecule has 0 aromatic carbocycles. The van der Waals surface area contributed by atoms with Crippen molar-refractivity contribution < 1.29 is 24.2 Å². The molecule has 3 aliphatic rings. The van der Waals surface area contributed by atoms with Crippen molar-refractivity contribution in [1.82, 2.24) is 9.80 Å². The maximum Gasteiger partial charge on any atom is 0.311 e. The Hall–Kier alpha value is -1.80. The van der Waals surface area contributed by atoms with Crippen LogP contribution in [0.3, 0.4) is 0 Å². The molecule has 3 heterocycles. The fourth-order valence-corrected chi connectivity index (χ4v) is 8.44. The molecule has 0 aliphatic carbocycles. The number of hydrogen-bond donors (Lipinski definition) is 1. The lowest BCUT2D eigenvalue weighted by molar-refractivity contribution is -0.154. The van der Waals surface area contributed by atoms with Crippen molar-refractivity contribution in [2.24, 2.45) is 11.8 Å². The molecule has 0 radical (unpaired) electrons. The normalized spacial score (nSPS) is 31.4. The summed E-state index contributed by atoms with van der Waals surface area (Å²) in [4.78, 5) is 44.7. The quantitative estimate of drug-likeness (QED) is 0.228. The van der Waals surface area contributed by atoms with E-state index in [9.17, 15) is 19.5 Å². The van der Waals surface area contributed by atoms with Crippen molar-refractivity contribution in [3.05, 3.63) is 25.3 Å². The van der Waals surface area contributed by atoms with Crippen LogP contribution in [0.2, 0.25) is 0 Å². The fourth-order valence-electron chi connectivity index (χ4n) is 6.10. The van der Waals surface area contributed by atoms with Crippen molar-refractivity contribution in [3.63, 3.8) is 0 Å². The summed E-state index contributed by atoms with van der Waals surface area (Å²) in [6.07, 6.45) is 8.91. The lowest BCUT2D eigenvalue weighted by Crippen LogP contribution is -2.55. The monoisotopic (exact) mass is 492 g/mol. The number of aliphatic hydroxyl groups excluding tert-OH is 1. The number of aliphatic hydroxyl groups is 1. The third-order valence-corrected chi connectivity index (χ3v) is 9.59. The lowest BCUT2D eigenvalue weighted by Gasteiger charge is -2.37. The zero-order valence-corrected chi connectivity index (χ0v) is 21.5. The number of hydrogen-bond acceptors (Lipinski definition) is 6. The van der Waals surface area contributed by atoms with Gasteiger partial charge in [0.25, 0.3) is 0 Å². The van der Waals surface area contributed by atoms with Crippen LogP contribution in [0.25, 0.3) is 0 Å². The minimum Gasteiger partial charge on any atom is -0.461 e. The van der Waals surface area contributed by atoms with E-state index in [1.54, 1.807) is 22.7 Å². The van der Waals surface area contributed by atoms with Crippen LogP contribution in [0.15, 0.2) is 25.3 Å². The van der Waals surface area contributed by atoms with Crippen LogP contribution in [0.5, 0.6) is 0 Å². The number of carbonyl (C=O) groups is 3. The van der Waals surface area contributed by atoms with Crippen LogP contribution in [0, 0.1) is 11.8 Å². The molecule has 1 N–H and O–H groups in total. The molecule has 5 atom stereocenters. The van der Waals surface area contributed by atoms with E-state index in [0.29, 0.717) is 32.5 Å². The molecule has 3 aliphatic heterocycles. The van der Waals surface area contributed by atoms with Gasteiger partial charge in [0.15, 0.2) is 0 Å². The minimum absolute atomic E-state index is 0.0398. The van der Waals surface area contributed by atoms with E-state index in [1.165, 1.54) is 6.08 Å².